The smallest absolute Gasteiger partial charge is 0.191 e. The maximum absolute atomic E-state index is 5.77. The fourth-order valence-electron chi connectivity index (χ4n) is 2.84. The molecule has 2 rings (SSSR count). The minimum atomic E-state index is 0. The van der Waals surface area contributed by atoms with Crippen molar-refractivity contribution >= 4 is 29.9 Å². The maximum Gasteiger partial charge on any atom is 0.191 e. The number of unbranched alkanes of at least 4 members (excludes halogenated alkanes) is 1. The van der Waals surface area contributed by atoms with Gasteiger partial charge in [-0.15, -0.1) is 34.2 Å². The molecule has 0 aromatic carbocycles. The number of aliphatic imine (C=N–C) groups is 1. The molecule has 0 amide bonds. The molecule has 1 aromatic rings. The molecule has 25 heavy (non-hydrogen) atoms. The molecule has 8 heteroatoms. The molecule has 1 aliphatic heterocycles. The molecule has 2 N–H and O–H groups in total. The average Bonchev–Trinajstić information content (AvgIpc) is 3.26. The van der Waals surface area contributed by atoms with Gasteiger partial charge in [0, 0.05) is 32.7 Å². The van der Waals surface area contributed by atoms with E-state index in [2.05, 4.69) is 51.2 Å². The van der Waals surface area contributed by atoms with Crippen LogP contribution in [-0.4, -0.2) is 52.6 Å². The Labute approximate surface area is 168 Å². The van der Waals surface area contributed by atoms with Crippen LogP contribution in [0.3, 0.4) is 0 Å². The highest BCUT2D eigenvalue weighted by molar-refractivity contribution is 14.0. The second-order valence-electron chi connectivity index (χ2n) is 6.29. The summed E-state index contributed by atoms with van der Waals surface area (Å²) in [5.41, 5.74) is 0. The van der Waals surface area contributed by atoms with Crippen LogP contribution in [0.2, 0.25) is 0 Å². The van der Waals surface area contributed by atoms with Gasteiger partial charge in [-0.3, -0.25) is 4.99 Å². The topological polar surface area (TPSA) is 76.4 Å². The molecule has 0 radical (unpaired) electrons. The molecule has 2 atom stereocenters. The normalized spacial score (nSPS) is 18.7. The third-order valence-electron chi connectivity index (χ3n) is 4.33. The van der Waals surface area contributed by atoms with Gasteiger partial charge >= 0.3 is 0 Å². The third kappa shape index (κ3) is 7.47. The summed E-state index contributed by atoms with van der Waals surface area (Å²) >= 11 is 0. The van der Waals surface area contributed by atoms with Crippen molar-refractivity contribution in [1.82, 2.24) is 25.4 Å². The van der Waals surface area contributed by atoms with E-state index in [1.807, 2.05) is 0 Å². The van der Waals surface area contributed by atoms with E-state index >= 15 is 0 Å². The Morgan fingerprint density at radius 3 is 3.00 bits per heavy atom. The summed E-state index contributed by atoms with van der Waals surface area (Å²) < 4.78 is 7.85. The van der Waals surface area contributed by atoms with Crippen molar-refractivity contribution in [3.63, 3.8) is 0 Å². The standard InChI is InChI=1S/C17H32N6O.HI/c1-4-6-9-18-17(21-14(3)15-8-7-12-24-15)19-10-11-23-13-20-22-16(23)5-2;/h13-15H,4-12H2,1-3H3,(H2,18,19,21);1H. The largest absolute Gasteiger partial charge is 0.376 e. The number of hydrogen-bond donors (Lipinski definition) is 2. The number of ether oxygens (including phenoxy) is 1. The van der Waals surface area contributed by atoms with Gasteiger partial charge in [0.05, 0.1) is 12.1 Å². The second-order valence-corrected chi connectivity index (χ2v) is 6.29. The molecule has 1 aromatic heterocycles. The van der Waals surface area contributed by atoms with Crippen LogP contribution in [0.4, 0.5) is 0 Å². The highest BCUT2D eigenvalue weighted by atomic mass is 127. The molecule has 0 bridgehead atoms. The first kappa shape index (κ1) is 22.1. The molecule has 1 fully saturated rings. The summed E-state index contributed by atoms with van der Waals surface area (Å²) in [7, 11) is 0. The Morgan fingerprint density at radius 2 is 2.32 bits per heavy atom. The zero-order chi connectivity index (χ0) is 17.2. The Kier molecular flexibility index (Phi) is 11.0. The minimum Gasteiger partial charge on any atom is -0.376 e. The van der Waals surface area contributed by atoms with E-state index in [4.69, 9.17) is 4.74 Å². The summed E-state index contributed by atoms with van der Waals surface area (Å²) in [4.78, 5) is 4.68. The van der Waals surface area contributed by atoms with Crippen LogP contribution in [0.15, 0.2) is 11.3 Å². The summed E-state index contributed by atoms with van der Waals surface area (Å²) in [6.07, 6.45) is 7.50. The number of guanidine groups is 1. The van der Waals surface area contributed by atoms with E-state index in [9.17, 15) is 0 Å². The molecular weight excluding hydrogens is 431 g/mol. The van der Waals surface area contributed by atoms with Crippen LogP contribution in [-0.2, 0) is 17.7 Å². The van der Waals surface area contributed by atoms with Crippen molar-refractivity contribution < 1.29 is 4.74 Å². The molecule has 1 saturated heterocycles. The predicted molar refractivity (Wildman–Crippen MR) is 112 cm³/mol. The van der Waals surface area contributed by atoms with Crippen LogP contribution < -0.4 is 10.6 Å². The highest BCUT2D eigenvalue weighted by Crippen LogP contribution is 2.15. The van der Waals surface area contributed by atoms with Gasteiger partial charge in [-0.25, -0.2) is 0 Å². The number of aromatic nitrogens is 3. The van der Waals surface area contributed by atoms with Crippen molar-refractivity contribution in [3.8, 4) is 0 Å². The zero-order valence-corrected chi connectivity index (χ0v) is 18.0. The van der Waals surface area contributed by atoms with Crippen molar-refractivity contribution in [2.24, 2.45) is 4.99 Å². The van der Waals surface area contributed by atoms with E-state index in [1.165, 1.54) is 0 Å². The van der Waals surface area contributed by atoms with Crippen molar-refractivity contribution in [2.45, 2.75) is 71.6 Å². The number of rotatable bonds is 9. The average molecular weight is 464 g/mol. The fourth-order valence-corrected chi connectivity index (χ4v) is 2.84. The molecule has 2 heterocycles. The maximum atomic E-state index is 5.77. The molecule has 7 nitrogen and oxygen atoms in total. The lowest BCUT2D eigenvalue weighted by Gasteiger charge is -2.23. The van der Waals surface area contributed by atoms with Gasteiger partial charge in [0.2, 0.25) is 0 Å². The number of halogens is 1. The van der Waals surface area contributed by atoms with Crippen LogP contribution >= 0.6 is 24.0 Å². The van der Waals surface area contributed by atoms with E-state index in [1.54, 1.807) is 6.33 Å². The molecular formula is C17H33IN6O. The summed E-state index contributed by atoms with van der Waals surface area (Å²) in [5.74, 6) is 1.89. The Morgan fingerprint density at radius 1 is 1.48 bits per heavy atom. The van der Waals surface area contributed by atoms with E-state index < -0.39 is 0 Å². The minimum absolute atomic E-state index is 0. The molecule has 144 valence electrons. The Hall–Kier alpha value is -0.900. The van der Waals surface area contributed by atoms with E-state index in [0.29, 0.717) is 0 Å². The summed E-state index contributed by atoms with van der Waals surface area (Å²) in [5, 5.41) is 15.0. The van der Waals surface area contributed by atoms with Gasteiger partial charge in [-0.1, -0.05) is 20.3 Å². The van der Waals surface area contributed by atoms with E-state index in [0.717, 1.165) is 70.1 Å². The predicted octanol–water partition coefficient (Wildman–Crippen LogP) is 2.36. The van der Waals surface area contributed by atoms with Gasteiger partial charge in [-0.2, -0.15) is 0 Å². The van der Waals surface area contributed by atoms with Crippen LogP contribution in [0.25, 0.3) is 0 Å². The summed E-state index contributed by atoms with van der Waals surface area (Å²) in [6.45, 7) is 9.79. The van der Waals surface area contributed by atoms with Gasteiger partial charge in [0.25, 0.3) is 0 Å². The number of nitrogens with zero attached hydrogens (tertiary/aromatic N) is 4. The van der Waals surface area contributed by atoms with Crippen molar-refractivity contribution in [2.75, 3.05) is 19.7 Å². The molecule has 0 spiro atoms. The lowest BCUT2D eigenvalue weighted by atomic mass is 10.1. The fraction of sp³-hybridized carbons (Fsp3) is 0.824. The lowest BCUT2D eigenvalue weighted by Crippen LogP contribution is -2.47. The SMILES string of the molecule is CCCCN=C(NCCn1cnnc1CC)NC(C)C1CCCO1.I. The Bertz CT molecular complexity index is 501. The van der Waals surface area contributed by atoms with Gasteiger partial charge in [0.15, 0.2) is 5.96 Å². The first-order valence-electron chi connectivity index (χ1n) is 9.27. The Balaban J connectivity index is 0.00000312. The van der Waals surface area contributed by atoms with Crippen LogP contribution in [0, 0.1) is 0 Å². The zero-order valence-electron chi connectivity index (χ0n) is 15.7. The number of hydrogen-bond acceptors (Lipinski definition) is 4. The quantitative estimate of drug-likeness (QED) is 0.254. The van der Waals surface area contributed by atoms with Gasteiger partial charge in [-0.05, 0) is 26.2 Å². The van der Waals surface area contributed by atoms with Crippen molar-refractivity contribution in [1.29, 1.82) is 0 Å². The van der Waals surface area contributed by atoms with E-state index in [-0.39, 0.29) is 36.1 Å². The first-order valence-corrected chi connectivity index (χ1v) is 9.27. The second kappa shape index (κ2) is 12.5. The lowest BCUT2D eigenvalue weighted by molar-refractivity contribution is 0.0890. The van der Waals surface area contributed by atoms with Crippen LogP contribution in [0.1, 0.15) is 52.3 Å². The van der Waals surface area contributed by atoms with Gasteiger partial charge in [0.1, 0.15) is 12.2 Å². The van der Waals surface area contributed by atoms with Crippen molar-refractivity contribution in [3.05, 3.63) is 12.2 Å². The molecule has 2 unspecified atom stereocenters. The molecule has 0 aliphatic carbocycles. The molecule has 1 aliphatic rings. The summed E-state index contributed by atoms with van der Waals surface area (Å²) in [6, 6.07) is 0.265. The first-order chi connectivity index (χ1) is 11.7. The third-order valence-corrected chi connectivity index (χ3v) is 4.33. The monoisotopic (exact) mass is 464 g/mol. The van der Waals surface area contributed by atoms with Gasteiger partial charge < -0.3 is 19.9 Å². The molecule has 0 saturated carbocycles. The van der Waals surface area contributed by atoms with Crippen LogP contribution in [0.5, 0.6) is 0 Å². The number of nitrogens with one attached hydrogen (secondary N) is 2. The highest BCUT2D eigenvalue weighted by Gasteiger charge is 2.22. The number of aryl methyl sites for hydroxylation is 1.